The summed E-state index contributed by atoms with van der Waals surface area (Å²) in [5.74, 6) is -5.65. The molecule has 0 amide bonds. The van der Waals surface area contributed by atoms with E-state index < -0.39 is 50.1 Å². The molecule has 0 aromatic heterocycles. The first-order chi connectivity index (χ1) is 16.0. The third kappa shape index (κ3) is 12.8. The van der Waals surface area contributed by atoms with Gasteiger partial charge in [0.05, 0.1) is 75.7 Å². The van der Waals surface area contributed by atoms with Crippen molar-refractivity contribution in [2.45, 2.75) is 0 Å². The van der Waals surface area contributed by atoms with Gasteiger partial charge in [-0.1, -0.05) is 12.1 Å². The molecule has 0 unspecified atom stereocenters. The molecule has 0 atom stereocenters. The van der Waals surface area contributed by atoms with Crippen molar-refractivity contribution in [1.82, 2.24) is 0 Å². The smallest absolute Gasteiger partial charge is 0.548 e. The molecular weight excluding hydrogens is 544 g/mol. The number of methoxy groups -OCH3 is 2. The largest absolute Gasteiger partial charge is 1.00 e. The molecular formula is C22H20N2Na4O10. The van der Waals surface area contributed by atoms with Crippen LogP contribution in [-0.4, -0.2) is 64.3 Å². The number of hydrogen-bond donors (Lipinski definition) is 0. The van der Waals surface area contributed by atoms with Crippen molar-refractivity contribution in [2.75, 3.05) is 50.2 Å². The average Bonchev–Trinajstić information content (AvgIpc) is 2.76. The van der Waals surface area contributed by atoms with Crippen LogP contribution in [0.5, 0.6) is 11.5 Å². The maximum atomic E-state index is 11.0. The number of anilines is 2. The van der Waals surface area contributed by atoms with Crippen molar-refractivity contribution < 1.29 is 167 Å². The van der Waals surface area contributed by atoms with Crippen LogP contribution in [0.15, 0.2) is 36.4 Å². The Morgan fingerprint density at radius 1 is 0.579 bits per heavy atom. The molecule has 0 spiro atoms. The first kappa shape index (κ1) is 42.0. The van der Waals surface area contributed by atoms with Crippen LogP contribution in [-0.2, 0) is 19.2 Å². The molecule has 0 radical (unpaired) electrons. The summed E-state index contributed by atoms with van der Waals surface area (Å²) in [6, 6.07) is 9.12. The van der Waals surface area contributed by atoms with Crippen LogP contribution < -0.4 is 158 Å². The Balaban J connectivity index is -0.00000306. The molecule has 0 N–H and O–H groups in total. The van der Waals surface area contributed by atoms with Gasteiger partial charge in [0.25, 0.3) is 0 Å². The van der Waals surface area contributed by atoms with Gasteiger partial charge >= 0.3 is 118 Å². The predicted octanol–water partition coefficient (Wildman–Crippen LogP) is -16.0. The molecule has 0 aliphatic heterocycles. The number of rotatable bonds is 13. The standard InChI is InChI=1S/C22H24N2O10.4Na/c1-33-17-7-13(3-5-15(17)23(9-19(25)26)10-20(27)28)14-4-6-16(18(8-14)34-2)24(11-21(29)30)12-22(31)32;;;;/h3-8H,9-12H2,1-2H3,(H,25,26)(H,27,28)(H,29,30)(H,31,32);;;;/q;4*+1/p-4. The van der Waals surface area contributed by atoms with Gasteiger partial charge in [-0.2, -0.15) is 0 Å². The van der Waals surface area contributed by atoms with Crippen LogP contribution in [0, 0.1) is 0 Å². The Kier molecular flexibility index (Phi) is 22.5. The van der Waals surface area contributed by atoms with Gasteiger partial charge in [-0.3, -0.25) is 0 Å². The molecule has 2 aromatic rings. The maximum Gasteiger partial charge on any atom is 1.00 e. The minimum atomic E-state index is -1.50. The molecule has 0 saturated heterocycles. The fraction of sp³-hybridized carbons (Fsp3) is 0.273. The number of benzene rings is 2. The summed E-state index contributed by atoms with van der Waals surface area (Å²) >= 11 is 0. The fourth-order valence-electron chi connectivity index (χ4n) is 3.31. The second-order valence-electron chi connectivity index (χ2n) is 6.97. The number of aliphatic carboxylic acids is 4. The van der Waals surface area contributed by atoms with Gasteiger partial charge in [0.15, 0.2) is 0 Å². The zero-order chi connectivity index (χ0) is 25.4. The van der Waals surface area contributed by atoms with Crippen molar-refractivity contribution in [3.8, 4) is 22.6 Å². The van der Waals surface area contributed by atoms with E-state index in [4.69, 9.17) is 9.47 Å². The predicted molar refractivity (Wildman–Crippen MR) is 109 cm³/mol. The number of carboxylic acids is 4. The van der Waals surface area contributed by atoms with E-state index >= 15 is 0 Å². The SMILES string of the molecule is COc1cc(-c2ccc(N(CC(=O)[O-])CC(=O)[O-])c(OC)c2)ccc1N(CC(=O)[O-])CC(=O)[O-].[Na+].[Na+].[Na+].[Na+]. The monoisotopic (exact) mass is 564 g/mol. The molecule has 0 heterocycles. The van der Waals surface area contributed by atoms with E-state index in [1.54, 1.807) is 12.1 Å². The molecule has 2 rings (SSSR count). The second-order valence-corrected chi connectivity index (χ2v) is 6.97. The van der Waals surface area contributed by atoms with E-state index in [0.717, 1.165) is 9.80 Å². The van der Waals surface area contributed by atoms with E-state index in [1.807, 2.05) is 0 Å². The summed E-state index contributed by atoms with van der Waals surface area (Å²) in [7, 11) is 2.64. The van der Waals surface area contributed by atoms with Crippen LogP contribution in [0.2, 0.25) is 0 Å². The zero-order valence-corrected chi connectivity index (χ0v) is 30.3. The van der Waals surface area contributed by atoms with Gasteiger partial charge in [-0.05, 0) is 35.4 Å². The van der Waals surface area contributed by atoms with Gasteiger partial charge in [-0.15, -0.1) is 0 Å². The van der Waals surface area contributed by atoms with Gasteiger partial charge < -0.3 is 58.9 Å². The van der Waals surface area contributed by atoms with Crippen molar-refractivity contribution in [3.63, 3.8) is 0 Å². The summed E-state index contributed by atoms with van der Waals surface area (Å²) in [6.07, 6.45) is 0. The summed E-state index contributed by atoms with van der Waals surface area (Å²) < 4.78 is 10.6. The normalized spacial score (nSPS) is 9.21. The fourth-order valence-corrected chi connectivity index (χ4v) is 3.31. The molecule has 0 saturated carbocycles. The molecule has 0 bridgehead atoms. The molecule has 38 heavy (non-hydrogen) atoms. The third-order valence-electron chi connectivity index (χ3n) is 4.65. The number of hydrogen-bond acceptors (Lipinski definition) is 12. The molecule has 0 aliphatic rings. The summed E-state index contributed by atoms with van der Waals surface area (Å²) in [5, 5.41) is 44.2. The van der Waals surface area contributed by atoms with Gasteiger partial charge in [0.1, 0.15) is 11.5 Å². The van der Waals surface area contributed by atoms with Crippen molar-refractivity contribution >= 4 is 35.3 Å². The number of ether oxygens (including phenoxy) is 2. The number of carbonyl (C=O) groups excluding carboxylic acids is 4. The van der Waals surface area contributed by atoms with Crippen molar-refractivity contribution in [1.29, 1.82) is 0 Å². The molecule has 12 nitrogen and oxygen atoms in total. The molecule has 182 valence electrons. The van der Waals surface area contributed by atoms with Crippen molar-refractivity contribution in [3.05, 3.63) is 36.4 Å². The number of nitrogens with zero attached hydrogens (tertiary/aromatic N) is 2. The second kappa shape index (κ2) is 20.4. The molecule has 0 aliphatic carbocycles. The van der Waals surface area contributed by atoms with E-state index in [1.165, 1.54) is 38.5 Å². The molecule has 0 fully saturated rings. The van der Waals surface area contributed by atoms with E-state index in [2.05, 4.69) is 0 Å². The van der Waals surface area contributed by atoms with E-state index in [-0.39, 0.29) is 141 Å². The Bertz CT molecular complexity index is 986. The minimum Gasteiger partial charge on any atom is -0.548 e. The Morgan fingerprint density at radius 3 is 1.05 bits per heavy atom. The first-order valence-electron chi connectivity index (χ1n) is 9.71. The van der Waals surface area contributed by atoms with Gasteiger partial charge in [0, 0.05) is 0 Å². The Hall–Kier alpha value is -0.480. The van der Waals surface area contributed by atoms with Crippen LogP contribution in [0.3, 0.4) is 0 Å². The first-order valence-corrected chi connectivity index (χ1v) is 9.71. The summed E-state index contributed by atoms with van der Waals surface area (Å²) in [6.45, 7) is -2.84. The quantitative estimate of drug-likeness (QED) is 0.210. The summed E-state index contributed by atoms with van der Waals surface area (Å²) in [4.78, 5) is 46.2. The molecule has 2 aromatic carbocycles. The maximum absolute atomic E-state index is 11.0. The minimum absolute atomic E-state index is 0. The topological polar surface area (TPSA) is 185 Å². The van der Waals surface area contributed by atoms with Crippen LogP contribution in [0.4, 0.5) is 11.4 Å². The van der Waals surface area contributed by atoms with Crippen LogP contribution >= 0.6 is 0 Å². The van der Waals surface area contributed by atoms with E-state index in [0.29, 0.717) is 11.1 Å². The van der Waals surface area contributed by atoms with Crippen molar-refractivity contribution in [2.24, 2.45) is 0 Å². The average molecular weight is 564 g/mol. The van der Waals surface area contributed by atoms with E-state index in [9.17, 15) is 39.6 Å². The van der Waals surface area contributed by atoms with Crippen LogP contribution in [0.25, 0.3) is 11.1 Å². The van der Waals surface area contributed by atoms with Gasteiger partial charge in [-0.25, -0.2) is 0 Å². The Morgan fingerprint density at radius 2 is 0.842 bits per heavy atom. The number of carboxylic acid groups (broad SMARTS) is 4. The van der Waals surface area contributed by atoms with Crippen LogP contribution in [0.1, 0.15) is 0 Å². The third-order valence-corrected chi connectivity index (χ3v) is 4.65. The molecule has 16 heteroatoms. The number of carbonyl (C=O) groups is 4. The summed E-state index contributed by atoms with van der Waals surface area (Å²) in [5.41, 5.74) is 1.46. The zero-order valence-electron chi connectivity index (χ0n) is 22.3. The Labute approximate surface area is 307 Å². The van der Waals surface area contributed by atoms with Gasteiger partial charge in [0.2, 0.25) is 0 Å².